The number of piperazine rings is 1. The predicted octanol–water partition coefficient (Wildman–Crippen LogP) is 1.66. The minimum atomic E-state index is -0.302. The van der Waals surface area contributed by atoms with Crippen LogP contribution in [-0.4, -0.2) is 30.4 Å². The molecule has 3 rings (SSSR count). The van der Waals surface area contributed by atoms with E-state index in [1.165, 1.54) is 18.4 Å². The molecular weight excluding hydrogens is 285 g/mol. The lowest BCUT2D eigenvalue weighted by atomic mass is 10.0. The van der Waals surface area contributed by atoms with Gasteiger partial charge in [-0.1, -0.05) is 12.1 Å². The van der Waals surface area contributed by atoms with Crippen molar-refractivity contribution in [2.75, 3.05) is 19.6 Å². The Morgan fingerprint density at radius 2 is 2.32 bits per heavy atom. The van der Waals surface area contributed by atoms with Crippen molar-refractivity contribution in [1.29, 1.82) is 0 Å². The molecule has 2 heterocycles. The van der Waals surface area contributed by atoms with Crippen molar-refractivity contribution < 1.29 is 13.6 Å². The van der Waals surface area contributed by atoms with E-state index in [0.29, 0.717) is 31.0 Å². The van der Waals surface area contributed by atoms with Gasteiger partial charge in [-0.2, -0.15) is 0 Å². The van der Waals surface area contributed by atoms with E-state index in [9.17, 15) is 9.18 Å². The number of nitrogens with zero attached hydrogens (tertiary/aromatic N) is 1. The molecule has 6 heteroatoms. The summed E-state index contributed by atoms with van der Waals surface area (Å²) in [5.74, 6) is 0.143. The molecular formula is C16H18FN3O2. The van der Waals surface area contributed by atoms with E-state index < -0.39 is 0 Å². The zero-order valence-corrected chi connectivity index (χ0v) is 12.1. The van der Waals surface area contributed by atoms with Crippen molar-refractivity contribution >= 4 is 5.91 Å². The van der Waals surface area contributed by atoms with Crippen LogP contribution in [0.4, 0.5) is 4.39 Å². The SMILES string of the molecule is NCc1cc(C(=O)N2CCNCC2c2cccc(F)c2)co1. The number of amides is 1. The first-order valence-electron chi connectivity index (χ1n) is 7.23. The number of hydrogen-bond acceptors (Lipinski definition) is 4. The van der Waals surface area contributed by atoms with E-state index >= 15 is 0 Å². The molecule has 1 aliphatic rings. The fourth-order valence-corrected chi connectivity index (χ4v) is 2.72. The Balaban J connectivity index is 1.87. The first kappa shape index (κ1) is 14.7. The highest BCUT2D eigenvalue weighted by molar-refractivity contribution is 5.94. The lowest BCUT2D eigenvalue weighted by Crippen LogP contribution is -2.48. The molecule has 1 aliphatic heterocycles. The first-order valence-corrected chi connectivity index (χ1v) is 7.23. The second-order valence-corrected chi connectivity index (χ2v) is 5.28. The maximum atomic E-state index is 13.5. The molecule has 0 bridgehead atoms. The third kappa shape index (κ3) is 2.88. The molecule has 1 atom stereocenters. The van der Waals surface area contributed by atoms with Gasteiger partial charge in [0.15, 0.2) is 0 Å². The van der Waals surface area contributed by atoms with Crippen LogP contribution in [-0.2, 0) is 6.54 Å². The zero-order chi connectivity index (χ0) is 15.5. The standard InChI is InChI=1S/C16H18FN3O2/c17-13-3-1-2-11(6-13)15-9-19-4-5-20(15)16(21)12-7-14(8-18)22-10-12/h1-3,6-7,10,15,19H,4-5,8-9,18H2. The van der Waals surface area contributed by atoms with Crippen LogP contribution in [0, 0.1) is 5.82 Å². The topological polar surface area (TPSA) is 71.5 Å². The maximum Gasteiger partial charge on any atom is 0.257 e. The Morgan fingerprint density at radius 3 is 3.05 bits per heavy atom. The average Bonchev–Trinajstić information content (AvgIpc) is 3.03. The minimum absolute atomic E-state index is 0.126. The third-order valence-electron chi connectivity index (χ3n) is 3.84. The molecule has 1 amide bonds. The summed E-state index contributed by atoms with van der Waals surface area (Å²) in [4.78, 5) is 14.4. The maximum absolute atomic E-state index is 13.5. The molecule has 1 aromatic carbocycles. The Labute approximate surface area is 127 Å². The number of nitrogens with one attached hydrogen (secondary N) is 1. The van der Waals surface area contributed by atoms with Crippen LogP contribution in [0.25, 0.3) is 0 Å². The number of hydrogen-bond donors (Lipinski definition) is 2. The molecule has 1 saturated heterocycles. The highest BCUT2D eigenvalue weighted by atomic mass is 19.1. The summed E-state index contributed by atoms with van der Waals surface area (Å²) < 4.78 is 18.7. The normalized spacial score (nSPS) is 18.5. The van der Waals surface area contributed by atoms with Crippen molar-refractivity contribution in [2.24, 2.45) is 5.73 Å². The Morgan fingerprint density at radius 1 is 1.45 bits per heavy atom. The second kappa shape index (κ2) is 6.29. The number of benzene rings is 1. The van der Waals surface area contributed by atoms with E-state index in [1.807, 2.05) is 6.07 Å². The van der Waals surface area contributed by atoms with Crippen molar-refractivity contribution in [3.8, 4) is 0 Å². The van der Waals surface area contributed by atoms with E-state index in [0.717, 1.165) is 5.56 Å². The summed E-state index contributed by atoms with van der Waals surface area (Å²) in [7, 11) is 0. The number of carbonyl (C=O) groups is 1. The Hall–Kier alpha value is -2.18. The number of furan rings is 1. The monoisotopic (exact) mass is 303 g/mol. The molecule has 116 valence electrons. The van der Waals surface area contributed by atoms with Gasteiger partial charge in [0.25, 0.3) is 5.91 Å². The van der Waals surface area contributed by atoms with Crippen LogP contribution in [0.2, 0.25) is 0 Å². The third-order valence-corrected chi connectivity index (χ3v) is 3.84. The first-order chi connectivity index (χ1) is 10.7. The van der Waals surface area contributed by atoms with Gasteiger partial charge in [-0.3, -0.25) is 4.79 Å². The van der Waals surface area contributed by atoms with E-state index in [2.05, 4.69) is 5.32 Å². The summed E-state index contributed by atoms with van der Waals surface area (Å²) in [6.07, 6.45) is 1.43. The van der Waals surface area contributed by atoms with Crippen LogP contribution in [0.15, 0.2) is 41.0 Å². The minimum Gasteiger partial charge on any atom is -0.467 e. The number of nitrogens with two attached hydrogens (primary N) is 1. The highest BCUT2D eigenvalue weighted by Gasteiger charge is 2.29. The van der Waals surface area contributed by atoms with Crippen LogP contribution >= 0.6 is 0 Å². The van der Waals surface area contributed by atoms with Gasteiger partial charge < -0.3 is 20.4 Å². The smallest absolute Gasteiger partial charge is 0.257 e. The van der Waals surface area contributed by atoms with Crippen LogP contribution < -0.4 is 11.1 Å². The fraction of sp³-hybridized carbons (Fsp3) is 0.312. The number of rotatable bonds is 3. The second-order valence-electron chi connectivity index (χ2n) is 5.28. The van der Waals surface area contributed by atoms with Gasteiger partial charge in [-0.25, -0.2) is 4.39 Å². The predicted molar refractivity (Wildman–Crippen MR) is 79.6 cm³/mol. The Kier molecular flexibility index (Phi) is 4.22. The molecule has 0 aliphatic carbocycles. The van der Waals surface area contributed by atoms with E-state index in [4.69, 9.17) is 10.2 Å². The molecule has 1 fully saturated rings. The van der Waals surface area contributed by atoms with Crippen LogP contribution in [0.3, 0.4) is 0 Å². The number of carbonyl (C=O) groups excluding carboxylic acids is 1. The number of halogens is 1. The zero-order valence-electron chi connectivity index (χ0n) is 12.1. The van der Waals surface area contributed by atoms with Gasteiger partial charge in [0.2, 0.25) is 0 Å². The van der Waals surface area contributed by atoms with Gasteiger partial charge >= 0.3 is 0 Å². The highest BCUT2D eigenvalue weighted by Crippen LogP contribution is 2.25. The van der Waals surface area contributed by atoms with Crippen molar-refractivity contribution in [2.45, 2.75) is 12.6 Å². The summed E-state index contributed by atoms with van der Waals surface area (Å²) >= 11 is 0. The van der Waals surface area contributed by atoms with Gasteiger partial charge in [0.1, 0.15) is 17.8 Å². The van der Waals surface area contributed by atoms with Crippen molar-refractivity contribution in [1.82, 2.24) is 10.2 Å². The molecule has 2 aromatic rings. The summed E-state index contributed by atoms with van der Waals surface area (Å²) in [5, 5.41) is 3.25. The van der Waals surface area contributed by atoms with Crippen LogP contribution in [0.1, 0.15) is 27.7 Å². The Bertz CT molecular complexity index is 671. The molecule has 1 unspecified atom stereocenters. The lowest BCUT2D eigenvalue weighted by Gasteiger charge is -2.36. The average molecular weight is 303 g/mol. The van der Waals surface area contributed by atoms with Gasteiger partial charge in [0.05, 0.1) is 18.2 Å². The van der Waals surface area contributed by atoms with Crippen LogP contribution in [0.5, 0.6) is 0 Å². The van der Waals surface area contributed by atoms with Gasteiger partial charge in [0, 0.05) is 19.6 Å². The van der Waals surface area contributed by atoms with Gasteiger partial charge in [-0.05, 0) is 23.8 Å². The molecule has 3 N–H and O–H groups in total. The summed E-state index contributed by atoms with van der Waals surface area (Å²) in [5.41, 5.74) is 6.76. The molecule has 0 saturated carbocycles. The van der Waals surface area contributed by atoms with E-state index in [1.54, 1.807) is 17.0 Å². The molecule has 22 heavy (non-hydrogen) atoms. The summed E-state index contributed by atoms with van der Waals surface area (Å²) in [6, 6.07) is 7.82. The molecule has 0 radical (unpaired) electrons. The van der Waals surface area contributed by atoms with E-state index in [-0.39, 0.29) is 24.3 Å². The fourth-order valence-electron chi connectivity index (χ4n) is 2.72. The molecule has 1 aromatic heterocycles. The van der Waals surface area contributed by atoms with Gasteiger partial charge in [-0.15, -0.1) is 0 Å². The lowest BCUT2D eigenvalue weighted by molar-refractivity contribution is 0.0633. The summed E-state index contributed by atoms with van der Waals surface area (Å²) in [6.45, 7) is 2.11. The quantitative estimate of drug-likeness (QED) is 0.904. The molecule has 5 nitrogen and oxygen atoms in total. The largest absolute Gasteiger partial charge is 0.467 e. The van der Waals surface area contributed by atoms with Crippen molar-refractivity contribution in [3.05, 3.63) is 59.3 Å². The van der Waals surface area contributed by atoms with Crippen molar-refractivity contribution in [3.63, 3.8) is 0 Å². The molecule has 0 spiro atoms.